The van der Waals surface area contributed by atoms with Crippen LogP contribution in [0.1, 0.15) is 158 Å². The maximum atomic E-state index is 6.34. The van der Waals surface area contributed by atoms with Crippen molar-refractivity contribution in [2.24, 2.45) is 51.8 Å². The Bertz CT molecular complexity index is 1120. The first-order chi connectivity index (χ1) is 20.1. The van der Waals surface area contributed by atoms with Crippen LogP contribution in [0.4, 0.5) is 0 Å². The van der Waals surface area contributed by atoms with E-state index in [2.05, 4.69) is 93.5 Å². The highest BCUT2D eigenvalue weighted by molar-refractivity contribution is 6.62. The second-order valence-electron chi connectivity index (χ2n) is 18.5. The Kier molecular flexibility index (Phi) is 8.36. The summed E-state index contributed by atoms with van der Waals surface area (Å²) in [6.07, 6.45) is 17.3. The molecule has 9 atom stereocenters. The Hall–Kier alpha value is -0.795. The molecule has 1 aromatic carbocycles. The molecule has 0 amide bonds. The van der Waals surface area contributed by atoms with Gasteiger partial charge in [-0.2, -0.15) is 0 Å². The van der Waals surface area contributed by atoms with E-state index in [0.29, 0.717) is 22.2 Å². The molecule has 0 aromatic heterocycles. The van der Waals surface area contributed by atoms with Gasteiger partial charge in [0, 0.05) is 0 Å². The van der Waals surface area contributed by atoms with Gasteiger partial charge in [0.2, 0.25) is 0 Å². The van der Waals surface area contributed by atoms with Crippen LogP contribution in [0, 0.1) is 51.8 Å². The second-order valence-corrected chi connectivity index (χ2v) is 18.5. The number of benzene rings is 1. The van der Waals surface area contributed by atoms with Crippen molar-refractivity contribution < 1.29 is 9.31 Å². The van der Waals surface area contributed by atoms with E-state index in [4.69, 9.17) is 9.31 Å². The molecule has 4 aliphatic carbocycles. The zero-order chi connectivity index (χ0) is 31.0. The standard InChI is InChI=1S/C40H65BO2/c1-27(2)12-11-13-28(3)39(9)24-22-35-33-19-16-31-26-30(20-23-38(31,8)34(33)21-25-40(35,39)10)29-14-17-32(18-15-29)41-42-36(4,5)37(6,7)43-41/h14-15,17-18,27-28,30-31,33-35H,11-13,16,19-26H2,1-10H3/t28-,30?,31+,33-,34?,35+,38+,39-,40+/m1/s1. The first kappa shape index (κ1) is 32.2. The van der Waals surface area contributed by atoms with E-state index in [1.807, 2.05) is 0 Å². The lowest BCUT2D eigenvalue weighted by Crippen LogP contribution is -2.55. The first-order valence-corrected chi connectivity index (χ1v) is 18.6. The van der Waals surface area contributed by atoms with Crippen molar-refractivity contribution in [1.82, 2.24) is 0 Å². The Morgan fingerprint density at radius 2 is 1.40 bits per heavy atom. The molecule has 5 fully saturated rings. The topological polar surface area (TPSA) is 18.5 Å². The van der Waals surface area contributed by atoms with Crippen LogP contribution in [0.25, 0.3) is 0 Å². The van der Waals surface area contributed by atoms with Crippen LogP contribution in [0.3, 0.4) is 0 Å². The number of rotatable bonds is 7. The van der Waals surface area contributed by atoms with E-state index in [1.54, 1.807) is 5.56 Å². The molecular formula is C40H65BO2. The Morgan fingerprint density at radius 1 is 0.744 bits per heavy atom. The Labute approximate surface area is 266 Å². The van der Waals surface area contributed by atoms with Crippen molar-refractivity contribution in [3.05, 3.63) is 29.8 Å². The van der Waals surface area contributed by atoms with Gasteiger partial charge in [0.15, 0.2) is 0 Å². The average Bonchev–Trinajstić information content (AvgIpc) is 3.35. The predicted octanol–water partition coefficient (Wildman–Crippen LogP) is 10.6. The van der Waals surface area contributed by atoms with Crippen LogP contribution in [0.2, 0.25) is 0 Å². The summed E-state index contributed by atoms with van der Waals surface area (Å²) in [6.45, 7) is 24.2. The van der Waals surface area contributed by atoms with Gasteiger partial charge in [-0.3, -0.25) is 0 Å². The molecule has 1 aliphatic heterocycles. The zero-order valence-electron chi connectivity index (χ0n) is 29.7. The third-order valence-electron chi connectivity index (χ3n) is 15.8. The highest BCUT2D eigenvalue weighted by atomic mass is 16.7. The molecule has 0 bridgehead atoms. The summed E-state index contributed by atoms with van der Waals surface area (Å²) in [5.41, 5.74) is 3.74. The fourth-order valence-electron chi connectivity index (χ4n) is 11.7. The van der Waals surface area contributed by atoms with Crippen molar-refractivity contribution in [2.75, 3.05) is 0 Å². The van der Waals surface area contributed by atoms with Gasteiger partial charge in [-0.05, 0) is 154 Å². The van der Waals surface area contributed by atoms with Crippen LogP contribution >= 0.6 is 0 Å². The van der Waals surface area contributed by atoms with Crippen molar-refractivity contribution >= 4 is 12.6 Å². The third-order valence-corrected chi connectivity index (χ3v) is 15.8. The van der Waals surface area contributed by atoms with E-state index in [-0.39, 0.29) is 18.3 Å². The van der Waals surface area contributed by atoms with Gasteiger partial charge in [-0.15, -0.1) is 0 Å². The molecule has 1 heterocycles. The monoisotopic (exact) mass is 589 g/mol. The van der Waals surface area contributed by atoms with Crippen LogP contribution in [-0.2, 0) is 9.31 Å². The van der Waals surface area contributed by atoms with Gasteiger partial charge in [-0.25, -0.2) is 0 Å². The summed E-state index contributed by atoms with van der Waals surface area (Å²) >= 11 is 0. The number of hydrogen-bond acceptors (Lipinski definition) is 2. The normalized spacial score (nSPS) is 42.4. The van der Waals surface area contributed by atoms with Crippen LogP contribution < -0.4 is 5.46 Å². The third kappa shape index (κ3) is 5.21. The quantitative estimate of drug-likeness (QED) is 0.295. The van der Waals surface area contributed by atoms with Crippen molar-refractivity contribution in [3.63, 3.8) is 0 Å². The second kappa shape index (κ2) is 11.2. The van der Waals surface area contributed by atoms with Gasteiger partial charge in [-0.1, -0.05) is 85.1 Å². The van der Waals surface area contributed by atoms with Crippen LogP contribution in [-0.4, -0.2) is 18.3 Å². The summed E-state index contributed by atoms with van der Waals surface area (Å²) < 4.78 is 12.7. The molecular weight excluding hydrogens is 523 g/mol. The number of fused-ring (bicyclic) bond motifs is 5. The van der Waals surface area contributed by atoms with E-state index in [0.717, 1.165) is 41.0 Å². The minimum Gasteiger partial charge on any atom is -0.399 e. The molecule has 43 heavy (non-hydrogen) atoms. The molecule has 6 rings (SSSR count). The first-order valence-electron chi connectivity index (χ1n) is 18.6. The van der Waals surface area contributed by atoms with Crippen LogP contribution in [0.5, 0.6) is 0 Å². The Morgan fingerprint density at radius 3 is 2.05 bits per heavy atom. The van der Waals surface area contributed by atoms with Crippen molar-refractivity contribution in [1.29, 1.82) is 0 Å². The molecule has 0 radical (unpaired) electrons. The van der Waals surface area contributed by atoms with E-state index >= 15 is 0 Å². The zero-order valence-corrected chi connectivity index (χ0v) is 29.7. The number of hydrogen-bond donors (Lipinski definition) is 0. The highest BCUT2D eigenvalue weighted by Crippen LogP contribution is 2.72. The molecule has 4 saturated carbocycles. The van der Waals surface area contributed by atoms with Gasteiger partial charge in [0.25, 0.3) is 0 Å². The molecule has 0 spiro atoms. The molecule has 2 unspecified atom stereocenters. The molecule has 1 saturated heterocycles. The molecule has 3 heteroatoms. The maximum absolute atomic E-state index is 6.34. The largest absolute Gasteiger partial charge is 0.494 e. The maximum Gasteiger partial charge on any atom is 0.494 e. The fourth-order valence-corrected chi connectivity index (χ4v) is 11.7. The smallest absolute Gasteiger partial charge is 0.399 e. The fraction of sp³-hybridized carbons (Fsp3) is 0.850. The van der Waals surface area contributed by atoms with Gasteiger partial charge >= 0.3 is 7.12 Å². The average molecular weight is 589 g/mol. The molecule has 0 N–H and O–H groups in total. The molecule has 2 nitrogen and oxygen atoms in total. The predicted molar refractivity (Wildman–Crippen MR) is 183 cm³/mol. The SMILES string of the molecule is CC(C)CCC[C@@H](C)[C@@]1(C)CC[C@H]2[C@@H]3CC[C@H]4CC(c5ccc(B6OC(C)(C)C(C)(C)O6)cc5)CC[C@]4(C)C3CC[C@@]21C. The molecule has 5 aliphatic rings. The summed E-state index contributed by atoms with van der Waals surface area (Å²) in [7, 11) is -0.263. The highest BCUT2D eigenvalue weighted by Gasteiger charge is 2.64. The summed E-state index contributed by atoms with van der Waals surface area (Å²) in [4.78, 5) is 0. The molecule has 1 aromatic rings. The van der Waals surface area contributed by atoms with E-state index in [9.17, 15) is 0 Å². The molecule has 240 valence electrons. The minimum absolute atomic E-state index is 0.263. The Balaban J connectivity index is 1.11. The van der Waals surface area contributed by atoms with Crippen molar-refractivity contribution in [2.45, 2.75) is 163 Å². The van der Waals surface area contributed by atoms with Crippen LogP contribution in [0.15, 0.2) is 24.3 Å². The van der Waals surface area contributed by atoms with Gasteiger partial charge < -0.3 is 9.31 Å². The minimum atomic E-state index is -0.289. The lowest BCUT2D eigenvalue weighted by atomic mass is 9.42. The lowest BCUT2D eigenvalue weighted by molar-refractivity contribution is -0.133. The van der Waals surface area contributed by atoms with E-state index < -0.39 is 0 Å². The van der Waals surface area contributed by atoms with E-state index in [1.165, 1.54) is 77.0 Å². The van der Waals surface area contributed by atoms with Gasteiger partial charge in [0.1, 0.15) is 0 Å². The van der Waals surface area contributed by atoms with Crippen molar-refractivity contribution in [3.8, 4) is 0 Å². The summed E-state index contributed by atoms with van der Waals surface area (Å²) in [5.74, 6) is 6.18. The lowest BCUT2D eigenvalue weighted by Gasteiger charge is -2.63. The van der Waals surface area contributed by atoms with Gasteiger partial charge in [0.05, 0.1) is 11.2 Å². The summed E-state index contributed by atoms with van der Waals surface area (Å²) in [5, 5.41) is 0. The summed E-state index contributed by atoms with van der Waals surface area (Å²) in [6, 6.07) is 9.36.